The van der Waals surface area contributed by atoms with Gasteiger partial charge in [0, 0.05) is 28.8 Å². The van der Waals surface area contributed by atoms with Crippen LogP contribution in [-0.2, 0) is 14.0 Å². The van der Waals surface area contributed by atoms with Gasteiger partial charge in [0.2, 0.25) is 0 Å². The second kappa shape index (κ2) is 5.20. The fourth-order valence-electron chi connectivity index (χ4n) is 2.63. The standard InChI is InChI=1S/C12H19ClN2O4S/c1-12(2,3)19-11(16)14-8-6-9-4-5-10(7-8)15(9)20(13,17)18/h4-5,8-10H,6-7H2,1-3H3,(H,14,16)/t8?,9-,10+. The lowest BCUT2D eigenvalue weighted by atomic mass is 9.99. The van der Waals surface area contributed by atoms with Gasteiger partial charge >= 0.3 is 15.3 Å². The molecule has 3 atom stereocenters. The Kier molecular flexibility index (Phi) is 4.05. The van der Waals surface area contributed by atoms with Crippen LogP contribution in [0.1, 0.15) is 33.6 Å². The van der Waals surface area contributed by atoms with Crippen LogP contribution in [0.25, 0.3) is 0 Å². The summed E-state index contributed by atoms with van der Waals surface area (Å²) in [6, 6.07) is -0.711. The van der Waals surface area contributed by atoms with Crippen LogP contribution >= 0.6 is 10.7 Å². The van der Waals surface area contributed by atoms with Crippen molar-refractivity contribution in [3.63, 3.8) is 0 Å². The Hall–Kier alpha value is -0.790. The van der Waals surface area contributed by atoms with Crippen molar-refractivity contribution >= 4 is 26.0 Å². The first-order valence-corrected chi connectivity index (χ1v) is 8.74. The summed E-state index contributed by atoms with van der Waals surface area (Å²) in [7, 11) is 1.69. The minimum absolute atomic E-state index is 0.121. The Morgan fingerprint density at radius 3 is 2.20 bits per heavy atom. The first kappa shape index (κ1) is 15.6. The van der Waals surface area contributed by atoms with Gasteiger partial charge in [0.05, 0.1) is 0 Å². The number of hydrogen-bond acceptors (Lipinski definition) is 4. The van der Waals surface area contributed by atoms with Crippen molar-refractivity contribution in [2.45, 2.75) is 57.3 Å². The van der Waals surface area contributed by atoms with Crippen LogP contribution in [0.15, 0.2) is 12.2 Å². The minimum Gasteiger partial charge on any atom is -0.444 e. The number of nitrogens with zero attached hydrogens (tertiary/aromatic N) is 1. The molecule has 0 radical (unpaired) electrons. The number of fused-ring (bicyclic) bond motifs is 2. The van der Waals surface area contributed by atoms with E-state index in [2.05, 4.69) is 5.32 Å². The molecule has 114 valence electrons. The number of hydrogen-bond donors (Lipinski definition) is 1. The maximum atomic E-state index is 11.7. The Morgan fingerprint density at radius 2 is 1.80 bits per heavy atom. The van der Waals surface area contributed by atoms with E-state index in [0.29, 0.717) is 12.8 Å². The third-order valence-corrected chi connectivity index (χ3v) is 4.76. The second-order valence-corrected chi connectivity index (χ2v) is 8.52. The van der Waals surface area contributed by atoms with Gasteiger partial charge in [-0.2, -0.15) is 12.7 Å². The molecule has 0 spiro atoms. The highest BCUT2D eigenvalue weighted by atomic mass is 35.7. The highest BCUT2D eigenvalue weighted by molar-refractivity contribution is 8.11. The van der Waals surface area contributed by atoms with Crippen LogP contribution < -0.4 is 5.32 Å². The summed E-state index contributed by atoms with van der Waals surface area (Å²) in [6.45, 7) is 5.38. The number of nitrogens with one attached hydrogen (secondary N) is 1. The number of carbonyl (C=O) groups excluding carboxylic acids is 1. The molecule has 2 aliphatic rings. The quantitative estimate of drug-likeness (QED) is 0.621. The largest absolute Gasteiger partial charge is 0.444 e. The lowest BCUT2D eigenvalue weighted by Gasteiger charge is -2.36. The molecule has 20 heavy (non-hydrogen) atoms. The molecule has 1 amide bonds. The highest BCUT2D eigenvalue weighted by Crippen LogP contribution is 2.34. The third kappa shape index (κ3) is 3.65. The highest BCUT2D eigenvalue weighted by Gasteiger charge is 2.43. The molecule has 1 N–H and O–H groups in total. The molecule has 0 aromatic heterocycles. The number of carbonyl (C=O) groups is 1. The molecule has 0 aromatic rings. The second-order valence-electron chi connectivity index (χ2n) is 6.11. The zero-order chi connectivity index (χ0) is 15.1. The van der Waals surface area contributed by atoms with Gasteiger partial charge in [-0.1, -0.05) is 12.2 Å². The Bertz CT molecular complexity index is 510. The fraction of sp³-hybridized carbons (Fsp3) is 0.750. The summed E-state index contributed by atoms with van der Waals surface area (Å²) in [5.74, 6) is 0. The van der Waals surface area contributed by atoms with E-state index in [0.717, 1.165) is 0 Å². The normalized spacial score (nSPS) is 30.3. The molecule has 0 aromatic carbocycles. The molecule has 2 rings (SSSR count). The number of ether oxygens (including phenoxy) is 1. The Labute approximate surface area is 123 Å². The fourth-order valence-corrected chi connectivity index (χ4v) is 4.21. The average molecular weight is 323 g/mol. The van der Waals surface area contributed by atoms with Crippen LogP contribution in [0, 0.1) is 0 Å². The summed E-state index contributed by atoms with van der Waals surface area (Å²) in [6.07, 6.45) is 4.16. The lowest BCUT2D eigenvalue weighted by molar-refractivity contribution is 0.0480. The van der Waals surface area contributed by atoms with Gasteiger partial charge in [-0.05, 0) is 33.6 Å². The summed E-state index contributed by atoms with van der Waals surface area (Å²) in [4.78, 5) is 11.7. The SMILES string of the molecule is CC(C)(C)OC(=O)NC1C[C@H]2C=C[C@@H](C1)N2S(=O)(=O)Cl. The number of alkyl carbamates (subject to hydrolysis) is 1. The molecule has 1 fully saturated rings. The topological polar surface area (TPSA) is 75.7 Å². The molecule has 0 aliphatic carbocycles. The summed E-state index contributed by atoms with van der Waals surface area (Å²) in [5, 5.41) is 2.78. The van der Waals surface area contributed by atoms with E-state index in [9.17, 15) is 13.2 Å². The van der Waals surface area contributed by atoms with Gasteiger partial charge in [0.1, 0.15) is 5.60 Å². The van der Waals surface area contributed by atoms with Crippen LogP contribution in [0.5, 0.6) is 0 Å². The van der Waals surface area contributed by atoms with Crippen molar-refractivity contribution < 1.29 is 17.9 Å². The van der Waals surface area contributed by atoms with Gasteiger partial charge in [-0.25, -0.2) is 4.79 Å². The molecule has 0 saturated carbocycles. The number of rotatable bonds is 2. The molecule has 1 saturated heterocycles. The Morgan fingerprint density at radius 1 is 1.30 bits per heavy atom. The predicted octanol–water partition coefficient (Wildman–Crippen LogP) is 1.77. The monoisotopic (exact) mass is 322 g/mol. The zero-order valence-electron chi connectivity index (χ0n) is 11.7. The van der Waals surface area contributed by atoms with Crippen LogP contribution in [-0.4, -0.2) is 42.5 Å². The first-order valence-electron chi connectivity index (χ1n) is 6.47. The van der Waals surface area contributed by atoms with Gasteiger partial charge < -0.3 is 10.1 Å². The van der Waals surface area contributed by atoms with Gasteiger partial charge in [0.25, 0.3) is 0 Å². The van der Waals surface area contributed by atoms with Gasteiger partial charge in [-0.3, -0.25) is 0 Å². The van der Waals surface area contributed by atoms with Gasteiger partial charge in [0.15, 0.2) is 0 Å². The summed E-state index contributed by atoms with van der Waals surface area (Å²) >= 11 is 0. The first-order chi connectivity index (χ1) is 9.06. The zero-order valence-corrected chi connectivity index (χ0v) is 13.2. The van der Waals surface area contributed by atoms with Crippen molar-refractivity contribution in [1.29, 1.82) is 0 Å². The lowest BCUT2D eigenvalue weighted by Crippen LogP contribution is -2.52. The third-order valence-electron chi connectivity index (χ3n) is 3.23. The summed E-state index contributed by atoms with van der Waals surface area (Å²) < 4.78 is 29.5. The van der Waals surface area contributed by atoms with E-state index in [1.54, 1.807) is 20.8 Å². The van der Waals surface area contributed by atoms with E-state index >= 15 is 0 Å². The van der Waals surface area contributed by atoms with Crippen molar-refractivity contribution in [2.24, 2.45) is 0 Å². The molecular formula is C12H19ClN2O4S. The van der Waals surface area contributed by atoms with E-state index in [-0.39, 0.29) is 18.1 Å². The van der Waals surface area contributed by atoms with Crippen molar-refractivity contribution in [3.8, 4) is 0 Å². The van der Waals surface area contributed by atoms with E-state index in [4.69, 9.17) is 15.4 Å². The molecule has 2 heterocycles. The Balaban J connectivity index is 1.96. The molecule has 8 heteroatoms. The predicted molar refractivity (Wildman–Crippen MR) is 75.7 cm³/mol. The van der Waals surface area contributed by atoms with E-state index in [1.165, 1.54) is 4.31 Å². The van der Waals surface area contributed by atoms with Gasteiger partial charge in [-0.15, -0.1) is 0 Å². The van der Waals surface area contributed by atoms with E-state index < -0.39 is 20.9 Å². The minimum atomic E-state index is -3.74. The molecule has 6 nitrogen and oxygen atoms in total. The van der Waals surface area contributed by atoms with E-state index in [1.807, 2.05) is 12.2 Å². The number of amides is 1. The number of halogens is 1. The molecule has 1 unspecified atom stereocenters. The maximum absolute atomic E-state index is 11.7. The smallest absolute Gasteiger partial charge is 0.407 e. The molecule has 2 bridgehead atoms. The number of piperidine rings is 1. The van der Waals surface area contributed by atoms with Crippen LogP contribution in [0.2, 0.25) is 0 Å². The average Bonchev–Trinajstić information content (AvgIpc) is 2.48. The summed E-state index contributed by atoms with van der Waals surface area (Å²) in [5.41, 5.74) is -0.554. The van der Waals surface area contributed by atoms with Crippen LogP contribution in [0.4, 0.5) is 4.79 Å². The molecular weight excluding hydrogens is 304 g/mol. The van der Waals surface area contributed by atoms with Crippen molar-refractivity contribution in [1.82, 2.24) is 9.62 Å². The van der Waals surface area contributed by atoms with Crippen molar-refractivity contribution in [2.75, 3.05) is 0 Å². The maximum Gasteiger partial charge on any atom is 0.407 e. The van der Waals surface area contributed by atoms with Crippen LogP contribution in [0.3, 0.4) is 0 Å². The molecule has 2 aliphatic heterocycles. The van der Waals surface area contributed by atoms with Crippen molar-refractivity contribution in [3.05, 3.63) is 12.2 Å².